The molecule has 2 heteroatoms. The molecule has 2 rings (SSSR count). The number of rotatable bonds is 2. The molecule has 0 aromatic carbocycles. The maximum absolute atomic E-state index is 12.3. The first kappa shape index (κ1) is 15.0. The Hall–Kier alpha value is -1.36. The summed E-state index contributed by atoms with van der Waals surface area (Å²) >= 11 is 0. The zero-order valence-electron chi connectivity index (χ0n) is 13.1. The summed E-state index contributed by atoms with van der Waals surface area (Å²) in [5.41, 5.74) is 1.99. The summed E-state index contributed by atoms with van der Waals surface area (Å²) in [6.45, 7) is 12.5. The van der Waals surface area contributed by atoms with Crippen molar-refractivity contribution in [2.45, 2.75) is 53.4 Å². The quantitative estimate of drug-likeness (QED) is 0.697. The minimum atomic E-state index is -0.394. The number of hydrogen-bond acceptors (Lipinski definition) is 2. The predicted molar refractivity (Wildman–Crippen MR) is 80.9 cm³/mol. The topological polar surface area (TPSA) is 40.9 Å². The van der Waals surface area contributed by atoms with E-state index < -0.39 is 5.41 Å². The van der Waals surface area contributed by atoms with E-state index in [0.717, 1.165) is 18.4 Å². The molecule has 0 N–H and O–H groups in total. The summed E-state index contributed by atoms with van der Waals surface area (Å²) in [4.78, 5) is 12.3. The molecular formula is C18H25NO. The van der Waals surface area contributed by atoms with E-state index in [-0.39, 0.29) is 5.41 Å². The number of Topliss-reactive ketones (excluding diaryl/α,β-unsaturated/α-hetero) is 1. The lowest BCUT2D eigenvalue weighted by Gasteiger charge is -2.52. The van der Waals surface area contributed by atoms with E-state index >= 15 is 0 Å². The Morgan fingerprint density at radius 3 is 2.70 bits per heavy atom. The fraction of sp³-hybridized carbons (Fsp3) is 0.667. The Bertz CT molecular complexity index is 520. The monoisotopic (exact) mass is 271 g/mol. The molecule has 0 aliphatic heterocycles. The van der Waals surface area contributed by atoms with E-state index in [1.807, 2.05) is 20.8 Å². The molecule has 1 fully saturated rings. The third-order valence-corrected chi connectivity index (χ3v) is 5.64. The van der Waals surface area contributed by atoms with Crippen LogP contribution in [0.15, 0.2) is 23.8 Å². The summed E-state index contributed by atoms with van der Waals surface area (Å²) in [6, 6.07) is 2.35. The van der Waals surface area contributed by atoms with Crippen molar-refractivity contribution in [3.8, 4) is 6.07 Å². The van der Waals surface area contributed by atoms with Crippen molar-refractivity contribution in [1.82, 2.24) is 0 Å². The number of allylic oxidation sites excluding steroid dienone is 3. The number of nitriles is 1. The molecule has 2 nitrogen and oxygen atoms in total. The van der Waals surface area contributed by atoms with Gasteiger partial charge in [-0.2, -0.15) is 5.26 Å². The molecule has 0 bridgehead atoms. The van der Waals surface area contributed by atoms with Crippen LogP contribution in [0.2, 0.25) is 0 Å². The molecule has 3 atom stereocenters. The molecule has 108 valence electrons. The molecule has 0 spiro atoms. The fourth-order valence-electron chi connectivity index (χ4n) is 4.11. The highest BCUT2D eigenvalue weighted by Gasteiger charge is 2.52. The summed E-state index contributed by atoms with van der Waals surface area (Å²) < 4.78 is 0. The number of carbonyl (C=O) groups excluding carboxylic acids is 1. The van der Waals surface area contributed by atoms with Gasteiger partial charge in [0.1, 0.15) is 5.78 Å². The van der Waals surface area contributed by atoms with Crippen LogP contribution in [0, 0.1) is 34.0 Å². The van der Waals surface area contributed by atoms with Gasteiger partial charge >= 0.3 is 0 Å². The van der Waals surface area contributed by atoms with Gasteiger partial charge < -0.3 is 0 Å². The van der Waals surface area contributed by atoms with Crippen LogP contribution < -0.4 is 0 Å². The fourth-order valence-corrected chi connectivity index (χ4v) is 4.11. The van der Waals surface area contributed by atoms with Gasteiger partial charge in [0.15, 0.2) is 0 Å². The van der Waals surface area contributed by atoms with Gasteiger partial charge in [-0.25, -0.2) is 0 Å². The molecule has 2 aliphatic rings. The Kier molecular flexibility index (Phi) is 3.67. The van der Waals surface area contributed by atoms with E-state index in [0.29, 0.717) is 30.5 Å². The normalized spacial score (nSPS) is 35.8. The Balaban J connectivity index is 2.54. The first-order valence-electron chi connectivity index (χ1n) is 7.52. The van der Waals surface area contributed by atoms with Crippen molar-refractivity contribution >= 4 is 5.78 Å². The van der Waals surface area contributed by atoms with Crippen molar-refractivity contribution in [2.75, 3.05) is 0 Å². The first-order chi connectivity index (χ1) is 9.23. The second kappa shape index (κ2) is 4.88. The molecule has 0 amide bonds. The molecule has 0 heterocycles. The molecule has 2 aliphatic carbocycles. The van der Waals surface area contributed by atoms with Gasteiger partial charge in [0, 0.05) is 18.3 Å². The zero-order chi connectivity index (χ0) is 15.1. The molecule has 20 heavy (non-hydrogen) atoms. The van der Waals surface area contributed by atoms with Crippen LogP contribution in [0.5, 0.6) is 0 Å². The van der Waals surface area contributed by atoms with E-state index in [1.165, 1.54) is 5.57 Å². The minimum Gasteiger partial charge on any atom is -0.299 e. The predicted octanol–water partition coefficient (Wildman–Crippen LogP) is 4.43. The molecule has 0 saturated heterocycles. The van der Waals surface area contributed by atoms with Gasteiger partial charge in [-0.3, -0.25) is 4.79 Å². The van der Waals surface area contributed by atoms with E-state index in [2.05, 4.69) is 25.6 Å². The second-order valence-corrected chi connectivity index (χ2v) is 7.29. The van der Waals surface area contributed by atoms with Gasteiger partial charge in [0.2, 0.25) is 0 Å². The van der Waals surface area contributed by atoms with Crippen LogP contribution in [0.25, 0.3) is 0 Å². The highest BCUT2D eigenvalue weighted by Crippen LogP contribution is 2.58. The molecular weight excluding hydrogens is 246 g/mol. The number of ketones is 1. The van der Waals surface area contributed by atoms with Crippen LogP contribution in [-0.2, 0) is 4.79 Å². The van der Waals surface area contributed by atoms with Gasteiger partial charge in [-0.05, 0) is 50.9 Å². The number of hydrogen-bond donors (Lipinski definition) is 0. The lowest BCUT2D eigenvalue weighted by Crippen LogP contribution is -2.47. The first-order valence-corrected chi connectivity index (χ1v) is 7.52. The highest BCUT2D eigenvalue weighted by molar-refractivity contribution is 5.89. The SMILES string of the molecule is C=C(C)[C@@H]1C=C2C(C)(C)C(=O)CC[C@]2(C)[C@@H](CC#N)C1. The maximum atomic E-state index is 12.3. The molecule has 0 aromatic heterocycles. The smallest absolute Gasteiger partial charge is 0.142 e. The van der Waals surface area contributed by atoms with E-state index in [1.54, 1.807) is 0 Å². The third kappa shape index (κ3) is 2.14. The summed E-state index contributed by atoms with van der Waals surface area (Å²) in [6.07, 6.45) is 5.37. The van der Waals surface area contributed by atoms with Gasteiger partial charge in [0.25, 0.3) is 0 Å². The number of fused-ring (bicyclic) bond motifs is 1. The van der Waals surface area contributed by atoms with Crippen LogP contribution in [0.4, 0.5) is 0 Å². The standard InChI is InChI=1S/C18H25NO/c1-12(2)13-10-14(7-9-19)18(5)8-6-16(20)17(3,4)15(18)11-13/h11,13-14H,1,6-8,10H2,2-5H3/t13-,14-,18+/m0/s1. The lowest BCUT2D eigenvalue weighted by atomic mass is 9.51. The average molecular weight is 271 g/mol. The van der Waals surface area contributed by atoms with E-state index in [4.69, 9.17) is 0 Å². The van der Waals surface area contributed by atoms with Crippen molar-refractivity contribution in [1.29, 1.82) is 5.26 Å². The average Bonchev–Trinajstić information content (AvgIpc) is 2.36. The van der Waals surface area contributed by atoms with Crippen molar-refractivity contribution in [2.24, 2.45) is 22.7 Å². The van der Waals surface area contributed by atoms with Gasteiger partial charge in [-0.15, -0.1) is 0 Å². The molecule has 0 aromatic rings. The molecule has 1 saturated carbocycles. The van der Waals surface area contributed by atoms with Crippen LogP contribution in [-0.4, -0.2) is 5.78 Å². The Morgan fingerprint density at radius 1 is 1.50 bits per heavy atom. The van der Waals surface area contributed by atoms with Crippen molar-refractivity contribution in [3.05, 3.63) is 23.8 Å². The summed E-state index contributed by atoms with van der Waals surface area (Å²) in [5.74, 6) is 0.975. The summed E-state index contributed by atoms with van der Waals surface area (Å²) in [7, 11) is 0. The molecule has 0 unspecified atom stereocenters. The second-order valence-electron chi connectivity index (χ2n) is 7.29. The largest absolute Gasteiger partial charge is 0.299 e. The third-order valence-electron chi connectivity index (χ3n) is 5.64. The summed E-state index contributed by atoms with van der Waals surface area (Å²) in [5, 5.41) is 9.17. The van der Waals surface area contributed by atoms with Crippen LogP contribution in [0.3, 0.4) is 0 Å². The minimum absolute atomic E-state index is 0.000903. The Labute approximate surface area is 122 Å². The number of nitrogens with zero attached hydrogens (tertiary/aromatic N) is 1. The van der Waals surface area contributed by atoms with E-state index in [9.17, 15) is 10.1 Å². The van der Waals surface area contributed by atoms with Crippen molar-refractivity contribution < 1.29 is 4.79 Å². The lowest BCUT2D eigenvalue weighted by molar-refractivity contribution is -0.129. The maximum Gasteiger partial charge on any atom is 0.142 e. The van der Waals surface area contributed by atoms with Gasteiger partial charge in [-0.1, -0.05) is 30.7 Å². The van der Waals surface area contributed by atoms with Crippen molar-refractivity contribution in [3.63, 3.8) is 0 Å². The van der Waals surface area contributed by atoms with Crippen LogP contribution in [0.1, 0.15) is 53.4 Å². The van der Waals surface area contributed by atoms with Gasteiger partial charge in [0.05, 0.1) is 6.07 Å². The molecule has 0 radical (unpaired) electrons. The zero-order valence-corrected chi connectivity index (χ0v) is 13.1. The highest BCUT2D eigenvalue weighted by atomic mass is 16.1. The van der Waals surface area contributed by atoms with Crippen LogP contribution >= 0.6 is 0 Å². The Morgan fingerprint density at radius 2 is 2.15 bits per heavy atom. The number of carbonyl (C=O) groups is 1.